The molecule has 0 aromatic heterocycles. The van der Waals surface area contributed by atoms with Gasteiger partial charge in [-0.15, -0.1) is 0 Å². The van der Waals surface area contributed by atoms with Gasteiger partial charge in [0.2, 0.25) is 0 Å². The predicted octanol–water partition coefficient (Wildman–Crippen LogP) is 5.39. The van der Waals surface area contributed by atoms with E-state index in [0.29, 0.717) is 5.41 Å². The molecule has 0 N–H and O–H groups in total. The first-order chi connectivity index (χ1) is 8.99. The van der Waals surface area contributed by atoms with Crippen LogP contribution in [0.2, 0.25) is 18.1 Å². The maximum Gasteiger partial charge on any atom is 0.191 e. The van der Waals surface area contributed by atoms with Crippen LogP contribution in [0.25, 0.3) is 0 Å². The molecule has 2 heteroatoms. The molecule has 1 saturated carbocycles. The van der Waals surface area contributed by atoms with Crippen LogP contribution in [0.5, 0.6) is 0 Å². The second-order valence-electron chi connectivity index (χ2n) is 7.16. The van der Waals surface area contributed by atoms with Gasteiger partial charge in [0.1, 0.15) is 0 Å². The molecule has 0 heterocycles. The van der Waals surface area contributed by atoms with Crippen LogP contribution in [-0.2, 0) is 4.43 Å². The number of fused-ring (bicyclic) bond motifs is 1. The first-order valence-electron chi connectivity index (χ1n) is 8.32. The summed E-state index contributed by atoms with van der Waals surface area (Å²) in [6.45, 7) is 12.9. The molecular formula is C17H32OSi. The van der Waals surface area contributed by atoms with Gasteiger partial charge >= 0.3 is 0 Å². The summed E-state index contributed by atoms with van der Waals surface area (Å²) in [4.78, 5) is 0. The summed E-state index contributed by atoms with van der Waals surface area (Å²) in [6.07, 6.45) is 6.48. The minimum atomic E-state index is -1.37. The Morgan fingerprint density at radius 3 is 2.32 bits per heavy atom. The summed E-state index contributed by atoms with van der Waals surface area (Å²) in [7, 11) is -1.37. The molecule has 1 nitrogen and oxygen atoms in total. The number of rotatable bonds is 7. The Morgan fingerprint density at radius 1 is 1.21 bits per heavy atom. The van der Waals surface area contributed by atoms with Crippen molar-refractivity contribution in [2.24, 2.45) is 17.3 Å². The first kappa shape index (κ1) is 15.3. The molecule has 0 aromatic rings. The van der Waals surface area contributed by atoms with Crippen molar-refractivity contribution in [2.45, 2.75) is 72.0 Å². The third-order valence-electron chi connectivity index (χ3n) is 6.31. The van der Waals surface area contributed by atoms with Crippen molar-refractivity contribution < 1.29 is 4.43 Å². The lowest BCUT2D eigenvalue weighted by atomic mass is 9.48. The Morgan fingerprint density at radius 2 is 1.84 bits per heavy atom. The lowest BCUT2D eigenvalue weighted by Crippen LogP contribution is -2.48. The third kappa shape index (κ3) is 2.71. The van der Waals surface area contributed by atoms with E-state index in [1.165, 1.54) is 37.4 Å². The molecule has 1 fully saturated rings. The highest BCUT2D eigenvalue weighted by Gasteiger charge is 2.50. The molecule has 2 unspecified atom stereocenters. The monoisotopic (exact) mass is 280 g/mol. The van der Waals surface area contributed by atoms with Crippen molar-refractivity contribution in [1.29, 1.82) is 0 Å². The fraction of sp³-hybridized carbons (Fsp3) is 0.882. The van der Waals surface area contributed by atoms with E-state index >= 15 is 0 Å². The highest BCUT2D eigenvalue weighted by Crippen LogP contribution is 2.59. The van der Waals surface area contributed by atoms with Crippen molar-refractivity contribution in [3.63, 3.8) is 0 Å². The number of hydrogen-bond acceptors (Lipinski definition) is 1. The molecule has 3 aliphatic carbocycles. The van der Waals surface area contributed by atoms with Gasteiger partial charge in [0.05, 0.1) is 0 Å². The standard InChI is InChI=1S/C17H32OSi/c1-6-19(7-2,8-3)18-12-11-14-9-10-15-13-16(14)17(15,4)5/h9,15-16H,6-8,10-13H2,1-5H3. The predicted molar refractivity (Wildman–Crippen MR) is 85.8 cm³/mol. The van der Waals surface area contributed by atoms with Crippen molar-refractivity contribution in [2.75, 3.05) is 6.61 Å². The lowest BCUT2D eigenvalue weighted by Gasteiger charge is -2.56. The summed E-state index contributed by atoms with van der Waals surface area (Å²) in [5.74, 6) is 1.81. The average Bonchev–Trinajstić information content (AvgIpc) is 2.44. The van der Waals surface area contributed by atoms with Gasteiger partial charge in [0.15, 0.2) is 8.32 Å². The summed E-state index contributed by atoms with van der Waals surface area (Å²) in [5, 5.41) is 0. The molecular weight excluding hydrogens is 248 g/mol. The van der Waals surface area contributed by atoms with E-state index in [1.807, 2.05) is 0 Å². The summed E-state index contributed by atoms with van der Waals surface area (Å²) >= 11 is 0. The average molecular weight is 281 g/mol. The van der Waals surface area contributed by atoms with Gasteiger partial charge in [0.25, 0.3) is 0 Å². The highest BCUT2D eigenvalue weighted by molar-refractivity contribution is 6.73. The second kappa shape index (κ2) is 5.73. The van der Waals surface area contributed by atoms with E-state index in [9.17, 15) is 0 Å². The highest BCUT2D eigenvalue weighted by atomic mass is 28.4. The molecule has 0 saturated heterocycles. The molecule has 2 atom stereocenters. The van der Waals surface area contributed by atoms with Crippen LogP contribution >= 0.6 is 0 Å². The van der Waals surface area contributed by atoms with Crippen molar-refractivity contribution >= 4 is 8.32 Å². The molecule has 0 spiro atoms. The van der Waals surface area contributed by atoms with E-state index in [2.05, 4.69) is 40.7 Å². The van der Waals surface area contributed by atoms with Crippen molar-refractivity contribution in [1.82, 2.24) is 0 Å². The summed E-state index contributed by atoms with van der Waals surface area (Å²) in [5.41, 5.74) is 2.28. The first-order valence-corrected chi connectivity index (χ1v) is 10.8. The minimum Gasteiger partial charge on any atom is -0.417 e. The second-order valence-corrected chi connectivity index (χ2v) is 11.9. The van der Waals surface area contributed by atoms with Crippen LogP contribution in [0.15, 0.2) is 11.6 Å². The quantitative estimate of drug-likeness (QED) is 0.449. The Balaban J connectivity index is 1.85. The topological polar surface area (TPSA) is 9.23 Å². The van der Waals surface area contributed by atoms with Crippen molar-refractivity contribution in [3.8, 4) is 0 Å². The Hall–Kier alpha value is -0.0831. The molecule has 2 bridgehead atoms. The van der Waals surface area contributed by atoms with E-state index in [1.54, 1.807) is 5.57 Å². The maximum absolute atomic E-state index is 6.41. The van der Waals surface area contributed by atoms with Crippen LogP contribution in [0, 0.1) is 17.3 Å². The van der Waals surface area contributed by atoms with E-state index < -0.39 is 8.32 Å². The largest absolute Gasteiger partial charge is 0.417 e. The van der Waals surface area contributed by atoms with Gasteiger partial charge in [0, 0.05) is 6.61 Å². The van der Waals surface area contributed by atoms with Crippen LogP contribution in [0.4, 0.5) is 0 Å². The molecule has 0 aliphatic heterocycles. The van der Waals surface area contributed by atoms with E-state index in [4.69, 9.17) is 4.43 Å². The number of hydrogen-bond donors (Lipinski definition) is 0. The Bertz CT molecular complexity index is 333. The normalized spacial score (nSPS) is 28.8. The molecule has 19 heavy (non-hydrogen) atoms. The maximum atomic E-state index is 6.41. The summed E-state index contributed by atoms with van der Waals surface area (Å²) in [6, 6.07) is 3.82. The van der Waals surface area contributed by atoms with Gasteiger partial charge in [-0.1, -0.05) is 46.3 Å². The molecule has 110 valence electrons. The lowest BCUT2D eigenvalue weighted by molar-refractivity contribution is -0.00928. The van der Waals surface area contributed by atoms with Crippen LogP contribution in [-0.4, -0.2) is 14.9 Å². The molecule has 0 radical (unpaired) electrons. The molecule has 3 aliphatic rings. The van der Waals surface area contributed by atoms with Gasteiger partial charge < -0.3 is 4.43 Å². The SMILES string of the molecule is CC[Si](CC)(CC)OCCC1=CCC2CC1C2(C)C. The Labute approximate surface area is 120 Å². The third-order valence-corrected chi connectivity index (χ3v) is 11.0. The van der Waals surface area contributed by atoms with Gasteiger partial charge in [-0.3, -0.25) is 0 Å². The fourth-order valence-corrected chi connectivity index (χ4v) is 6.85. The smallest absolute Gasteiger partial charge is 0.191 e. The van der Waals surface area contributed by atoms with Gasteiger partial charge in [-0.25, -0.2) is 0 Å². The molecule has 0 amide bonds. The zero-order valence-electron chi connectivity index (χ0n) is 13.6. The van der Waals surface area contributed by atoms with Crippen molar-refractivity contribution in [3.05, 3.63) is 11.6 Å². The zero-order valence-corrected chi connectivity index (χ0v) is 14.6. The van der Waals surface area contributed by atoms with Gasteiger partial charge in [-0.05, 0) is 54.6 Å². The van der Waals surface area contributed by atoms with Crippen LogP contribution in [0.3, 0.4) is 0 Å². The zero-order chi connectivity index (χ0) is 14.1. The summed E-state index contributed by atoms with van der Waals surface area (Å²) < 4.78 is 6.41. The molecule has 0 aromatic carbocycles. The number of allylic oxidation sites excluding steroid dienone is 1. The molecule has 3 rings (SSSR count). The Kier molecular flexibility index (Phi) is 4.62. The van der Waals surface area contributed by atoms with E-state index in [-0.39, 0.29) is 0 Å². The minimum absolute atomic E-state index is 0.568. The van der Waals surface area contributed by atoms with Gasteiger partial charge in [-0.2, -0.15) is 0 Å². The van der Waals surface area contributed by atoms with Crippen LogP contribution in [0.1, 0.15) is 53.9 Å². The van der Waals surface area contributed by atoms with E-state index in [0.717, 1.165) is 18.4 Å². The fourth-order valence-electron chi connectivity index (χ4n) is 4.20. The van der Waals surface area contributed by atoms with Crippen LogP contribution < -0.4 is 0 Å².